The van der Waals surface area contributed by atoms with Crippen LogP contribution in [0, 0.1) is 6.92 Å². The third-order valence-corrected chi connectivity index (χ3v) is 5.95. The van der Waals surface area contributed by atoms with Gasteiger partial charge >= 0.3 is 0 Å². The number of ketones is 2. The summed E-state index contributed by atoms with van der Waals surface area (Å²) in [6.07, 6.45) is 0. The summed E-state index contributed by atoms with van der Waals surface area (Å²) in [7, 11) is 1.57. The normalized spacial score (nSPS) is 11.2. The van der Waals surface area contributed by atoms with Crippen LogP contribution in [0.25, 0.3) is 22.0 Å². The number of ether oxygens (including phenoxy) is 1. The number of fused-ring (bicyclic) bond motifs is 2. The fourth-order valence-electron chi connectivity index (χ4n) is 4.03. The van der Waals surface area contributed by atoms with Crippen LogP contribution < -0.4 is 4.74 Å². The van der Waals surface area contributed by atoms with Crippen LogP contribution >= 0.6 is 11.6 Å². The number of carbonyl (C=O) groups is 2. The minimum Gasteiger partial charge on any atom is -0.497 e. The highest BCUT2D eigenvalue weighted by molar-refractivity contribution is 6.30. The zero-order valence-electron chi connectivity index (χ0n) is 18.0. The molecular formula is C26H19ClN2O4. The molecule has 3 aromatic carbocycles. The highest BCUT2D eigenvalue weighted by Crippen LogP contribution is 2.32. The molecule has 0 aliphatic heterocycles. The Morgan fingerprint density at radius 3 is 2.55 bits per heavy atom. The van der Waals surface area contributed by atoms with E-state index < -0.39 is 0 Å². The molecular weight excluding hydrogens is 440 g/mol. The summed E-state index contributed by atoms with van der Waals surface area (Å²) < 4.78 is 12.8. The van der Waals surface area contributed by atoms with E-state index in [2.05, 4.69) is 4.98 Å². The molecule has 0 bridgehead atoms. The number of aromatic nitrogens is 2. The summed E-state index contributed by atoms with van der Waals surface area (Å²) >= 11 is 5.99. The van der Waals surface area contributed by atoms with Crippen molar-refractivity contribution in [2.45, 2.75) is 13.5 Å². The van der Waals surface area contributed by atoms with Crippen molar-refractivity contribution in [3.05, 3.63) is 94.5 Å². The topological polar surface area (TPSA) is 74.3 Å². The number of hydrogen-bond acceptors (Lipinski definition) is 5. The lowest BCUT2D eigenvalue weighted by atomic mass is 10.0. The van der Waals surface area contributed by atoms with Crippen LogP contribution in [0.3, 0.4) is 0 Å². The van der Waals surface area contributed by atoms with E-state index in [1.807, 2.05) is 35.8 Å². The van der Waals surface area contributed by atoms with Crippen LogP contribution in [0.2, 0.25) is 5.02 Å². The van der Waals surface area contributed by atoms with Crippen molar-refractivity contribution in [3.8, 4) is 5.75 Å². The van der Waals surface area contributed by atoms with E-state index in [0.29, 0.717) is 44.1 Å². The summed E-state index contributed by atoms with van der Waals surface area (Å²) in [5.74, 6) is 0.217. The molecule has 0 spiro atoms. The van der Waals surface area contributed by atoms with Crippen molar-refractivity contribution in [1.29, 1.82) is 0 Å². The van der Waals surface area contributed by atoms with E-state index in [9.17, 15) is 9.59 Å². The summed E-state index contributed by atoms with van der Waals surface area (Å²) in [5.41, 5.74) is 3.61. The molecule has 5 rings (SSSR count). The number of nitrogens with zero attached hydrogens (tertiary/aromatic N) is 2. The summed E-state index contributed by atoms with van der Waals surface area (Å²) in [5, 5.41) is 1.26. The predicted octanol–water partition coefficient (Wildman–Crippen LogP) is 5.87. The standard InChI is InChI=1S/C26H19ClN2O4/c1-15-24(25(31)16-7-9-17(27)10-8-16)19-13-18(32-2)11-12-21(19)29(15)14-22(30)26-28-20-5-3-4-6-23(20)33-26/h3-13H,14H2,1-2H3. The van der Waals surface area contributed by atoms with Gasteiger partial charge in [-0.25, -0.2) is 4.98 Å². The van der Waals surface area contributed by atoms with Crippen molar-refractivity contribution < 1.29 is 18.7 Å². The van der Waals surface area contributed by atoms with Crippen LogP contribution in [0.1, 0.15) is 32.3 Å². The first-order valence-corrected chi connectivity index (χ1v) is 10.7. The van der Waals surface area contributed by atoms with Crippen molar-refractivity contribution in [2.75, 3.05) is 7.11 Å². The molecule has 2 heterocycles. The maximum atomic E-state index is 13.5. The molecule has 0 unspecified atom stereocenters. The molecule has 0 amide bonds. The lowest BCUT2D eigenvalue weighted by molar-refractivity contribution is 0.0939. The third kappa shape index (κ3) is 3.68. The van der Waals surface area contributed by atoms with Gasteiger partial charge in [0, 0.05) is 27.2 Å². The second kappa shape index (κ2) is 8.22. The number of Topliss-reactive ketones (excluding diaryl/α,β-unsaturated/α-hetero) is 1. The Morgan fingerprint density at radius 1 is 1.06 bits per heavy atom. The highest BCUT2D eigenvalue weighted by atomic mass is 35.5. The van der Waals surface area contributed by atoms with Gasteiger partial charge in [0.25, 0.3) is 5.89 Å². The van der Waals surface area contributed by atoms with Gasteiger partial charge in [0.1, 0.15) is 11.3 Å². The van der Waals surface area contributed by atoms with Crippen molar-refractivity contribution >= 4 is 45.2 Å². The lowest BCUT2D eigenvalue weighted by Crippen LogP contribution is -2.13. The van der Waals surface area contributed by atoms with Gasteiger partial charge in [-0.1, -0.05) is 23.7 Å². The summed E-state index contributed by atoms with van der Waals surface area (Å²) in [4.78, 5) is 30.9. The van der Waals surface area contributed by atoms with Gasteiger partial charge in [-0.3, -0.25) is 9.59 Å². The van der Waals surface area contributed by atoms with Crippen molar-refractivity contribution in [2.24, 2.45) is 0 Å². The van der Waals surface area contributed by atoms with E-state index in [1.165, 1.54) is 0 Å². The monoisotopic (exact) mass is 458 g/mol. The molecule has 33 heavy (non-hydrogen) atoms. The van der Waals surface area contributed by atoms with E-state index >= 15 is 0 Å². The van der Waals surface area contributed by atoms with Gasteiger partial charge in [-0.05, 0) is 61.5 Å². The van der Waals surface area contributed by atoms with Crippen LogP contribution in [0.5, 0.6) is 5.75 Å². The van der Waals surface area contributed by atoms with Gasteiger partial charge < -0.3 is 13.7 Å². The van der Waals surface area contributed by atoms with E-state index in [0.717, 1.165) is 5.52 Å². The Hall–Kier alpha value is -3.90. The number of para-hydroxylation sites is 2. The number of rotatable bonds is 6. The molecule has 0 N–H and O–H groups in total. The van der Waals surface area contributed by atoms with Crippen LogP contribution in [-0.2, 0) is 6.54 Å². The zero-order chi connectivity index (χ0) is 23.1. The van der Waals surface area contributed by atoms with Gasteiger partial charge in [0.15, 0.2) is 11.4 Å². The minimum absolute atomic E-state index is 0.0185. The Kier molecular flexibility index (Phi) is 5.23. The fourth-order valence-corrected chi connectivity index (χ4v) is 4.15. The van der Waals surface area contributed by atoms with Crippen molar-refractivity contribution in [3.63, 3.8) is 0 Å². The van der Waals surface area contributed by atoms with Crippen LogP contribution in [-0.4, -0.2) is 28.2 Å². The molecule has 164 valence electrons. The zero-order valence-corrected chi connectivity index (χ0v) is 18.7. The van der Waals surface area contributed by atoms with E-state index in [1.54, 1.807) is 49.6 Å². The maximum absolute atomic E-state index is 13.5. The third-order valence-electron chi connectivity index (χ3n) is 5.70. The maximum Gasteiger partial charge on any atom is 0.266 e. The summed E-state index contributed by atoms with van der Waals surface area (Å²) in [6, 6.07) is 19.4. The molecule has 0 saturated carbocycles. The molecule has 0 radical (unpaired) electrons. The molecule has 7 heteroatoms. The fraction of sp³-hybridized carbons (Fsp3) is 0.115. The quantitative estimate of drug-likeness (QED) is 0.297. The predicted molar refractivity (Wildman–Crippen MR) is 126 cm³/mol. The van der Waals surface area contributed by atoms with Crippen LogP contribution in [0.4, 0.5) is 0 Å². The van der Waals surface area contributed by atoms with Gasteiger partial charge in [-0.15, -0.1) is 0 Å². The van der Waals surface area contributed by atoms with E-state index in [-0.39, 0.29) is 24.0 Å². The SMILES string of the molecule is COc1ccc2c(c1)c(C(=O)c1ccc(Cl)cc1)c(C)n2CC(=O)c1nc2ccccc2o1. The molecule has 0 aliphatic rings. The van der Waals surface area contributed by atoms with Gasteiger partial charge in [-0.2, -0.15) is 0 Å². The lowest BCUT2D eigenvalue weighted by Gasteiger charge is -2.07. The molecule has 0 fully saturated rings. The average molecular weight is 459 g/mol. The molecule has 0 aliphatic carbocycles. The highest BCUT2D eigenvalue weighted by Gasteiger charge is 2.24. The van der Waals surface area contributed by atoms with Gasteiger partial charge in [0.05, 0.1) is 19.2 Å². The Balaban J connectivity index is 1.61. The average Bonchev–Trinajstić information content (AvgIpc) is 3.38. The summed E-state index contributed by atoms with van der Waals surface area (Å²) in [6.45, 7) is 1.81. The smallest absolute Gasteiger partial charge is 0.266 e. The number of methoxy groups -OCH3 is 1. The minimum atomic E-state index is -0.285. The largest absolute Gasteiger partial charge is 0.497 e. The first kappa shape index (κ1) is 21.0. The number of hydrogen-bond donors (Lipinski definition) is 0. The number of carbonyl (C=O) groups excluding carboxylic acids is 2. The molecule has 0 saturated heterocycles. The Morgan fingerprint density at radius 2 is 1.82 bits per heavy atom. The Bertz CT molecular complexity index is 1500. The van der Waals surface area contributed by atoms with Crippen molar-refractivity contribution in [1.82, 2.24) is 9.55 Å². The molecule has 6 nitrogen and oxygen atoms in total. The molecule has 5 aromatic rings. The second-order valence-electron chi connectivity index (χ2n) is 7.68. The number of oxazole rings is 1. The van der Waals surface area contributed by atoms with Crippen LogP contribution in [0.15, 0.2) is 71.1 Å². The van der Waals surface area contributed by atoms with Gasteiger partial charge in [0.2, 0.25) is 5.78 Å². The Labute approximate surface area is 194 Å². The molecule has 0 atom stereocenters. The first-order valence-electron chi connectivity index (χ1n) is 10.3. The number of benzene rings is 3. The first-order chi connectivity index (χ1) is 16.0. The van der Waals surface area contributed by atoms with E-state index in [4.69, 9.17) is 20.8 Å². The number of halogens is 1. The molecule has 2 aromatic heterocycles. The second-order valence-corrected chi connectivity index (χ2v) is 8.11.